The van der Waals surface area contributed by atoms with Gasteiger partial charge in [0.2, 0.25) is 0 Å². The first-order chi connectivity index (χ1) is 17.2. The highest BCUT2D eigenvalue weighted by molar-refractivity contribution is 5.76. The second-order valence-corrected chi connectivity index (χ2v) is 10.1. The van der Waals surface area contributed by atoms with Gasteiger partial charge in [0.05, 0.1) is 14.2 Å². The Morgan fingerprint density at radius 3 is 1.17 bits per heavy atom. The van der Waals surface area contributed by atoms with Gasteiger partial charge in [-0.2, -0.15) is 0 Å². The van der Waals surface area contributed by atoms with Crippen LogP contribution in [0.3, 0.4) is 0 Å². The van der Waals surface area contributed by atoms with Gasteiger partial charge in [-0.1, -0.05) is 48.5 Å². The number of aryl methyl sites for hydroxylation is 4. The summed E-state index contributed by atoms with van der Waals surface area (Å²) in [4.78, 5) is 0. The average molecular weight is 479 g/mol. The van der Waals surface area contributed by atoms with Crippen molar-refractivity contribution in [2.75, 3.05) is 14.2 Å². The lowest BCUT2D eigenvalue weighted by Gasteiger charge is -2.19. The summed E-state index contributed by atoms with van der Waals surface area (Å²) in [6.07, 6.45) is 1.73. The van der Waals surface area contributed by atoms with Gasteiger partial charge in [-0.15, -0.1) is 0 Å². The Bertz CT molecular complexity index is 1300. The van der Waals surface area contributed by atoms with Crippen molar-refractivity contribution < 1.29 is 9.47 Å². The fourth-order valence-corrected chi connectivity index (χ4v) is 4.98. The van der Waals surface area contributed by atoms with Gasteiger partial charge in [0.1, 0.15) is 11.5 Å². The van der Waals surface area contributed by atoms with E-state index in [9.17, 15) is 0 Å². The summed E-state index contributed by atoms with van der Waals surface area (Å²) >= 11 is 0. The highest BCUT2D eigenvalue weighted by atomic mass is 16.5. The zero-order valence-electron chi connectivity index (χ0n) is 23.0. The van der Waals surface area contributed by atoms with Crippen molar-refractivity contribution in [1.29, 1.82) is 0 Å². The fourth-order valence-electron chi connectivity index (χ4n) is 4.98. The van der Waals surface area contributed by atoms with E-state index in [-0.39, 0.29) is 0 Å². The van der Waals surface area contributed by atoms with Gasteiger partial charge in [-0.3, -0.25) is 0 Å². The van der Waals surface area contributed by atoms with Crippen molar-refractivity contribution in [2.45, 2.75) is 54.4 Å². The molecule has 0 saturated heterocycles. The molecule has 4 aromatic carbocycles. The molecule has 0 amide bonds. The zero-order valence-corrected chi connectivity index (χ0v) is 23.0. The van der Waals surface area contributed by atoms with Crippen LogP contribution in [0.4, 0.5) is 0 Å². The number of rotatable bonds is 7. The summed E-state index contributed by atoms with van der Waals surface area (Å²) in [5.74, 6) is 1.84. The summed E-state index contributed by atoms with van der Waals surface area (Å²) in [7, 11) is 3.52. The first-order valence-electron chi connectivity index (χ1n) is 12.7. The van der Waals surface area contributed by atoms with Crippen LogP contribution in [0.15, 0.2) is 60.7 Å². The molecule has 36 heavy (non-hydrogen) atoms. The van der Waals surface area contributed by atoms with E-state index in [2.05, 4.69) is 102 Å². The molecule has 0 bridgehead atoms. The maximum Gasteiger partial charge on any atom is 0.122 e. The van der Waals surface area contributed by atoms with E-state index in [1.54, 1.807) is 14.2 Å². The molecule has 0 radical (unpaired) electrons. The third-order valence-electron chi connectivity index (χ3n) is 7.53. The summed E-state index contributed by atoms with van der Waals surface area (Å²) in [6.45, 7) is 13.0. The standard InChI is InChI=1S/C34H38O2/c1-21-9-11-27(13-23(21)3)15-29-17-31(25(5)33(19-29)35-7)32-18-30(20-34(36-8)26(32)6)16-28-12-10-22(2)24(4)14-28/h9-14,17-20H,15-16H2,1-8H3. The molecule has 0 aromatic heterocycles. The lowest BCUT2D eigenvalue weighted by atomic mass is 9.89. The fraction of sp³-hybridized carbons (Fsp3) is 0.294. The van der Waals surface area contributed by atoms with Crippen molar-refractivity contribution >= 4 is 0 Å². The van der Waals surface area contributed by atoms with Gasteiger partial charge in [0, 0.05) is 0 Å². The summed E-state index contributed by atoms with van der Waals surface area (Å²) in [5.41, 5.74) is 15.1. The van der Waals surface area contributed by atoms with E-state index in [1.165, 1.54) is 55.6 Å². The Kier molecular flexibility index (Phi) is 7.54. The number of ether oxygens (including phenoxy) is 2. The molecule has 4 aromatic rings. The third-order valence-corrected chi connectivity index (χ3v) is 7.53. The van der Waals surface area contributed by atoms with Crippen LogP contribution >= 0.6 is 0 Å². The quantitative estimate of drug-likeness (QED) is 0.265. The topological polar surface area (TPSA) is 18.5 Å². The van der Waals surface area contributed by atoms with Gasteiger partial charge in [-0.05, 0) is 133 Å². The largest absolute Gasteiger partial charge is 0.496 e. The van der Waals surface area contributed by atoms with E-state index < -0.39 is 0 Å². The van der Waals surface area contributed by atoms with Crippen LogP contribution in [-0.2, 0) is 12.8 Å². The van der Waals surface area contributed by atoms with Crippen molar-refractivity contribution in [3.8, 4) is 22.6 Å². The van der Waals surface area contributed by atoms with E-state index in [4.69, 9.17) is 9.47 Å². The summed E-state index contributed by atoms with van der Waals surface area (Å²) < 4.78 is 11.7. The molecule has 2 nitrogen and oxygen atoms in total. The highest BCUT2D eigenvalue weighted by Gasteiger charge is 2.16. The minimum absolute atomic E-state index is 0.864. The molecular weight excluding hydrogens is 440 g/mol. The Morgan fingerprint density at radius 2 is 0.833 bits per heavy atom. The van der Waals surface area contributed by atoms with Crippen molar-refractivity contribution in [3.63, 3.8) is 0 Å². The van der Waals surface area contributed by atoms with Gasteiger partial charge in [0.15, 0.2) is 0 Å². The van der Waals surface area contributed by atoms with Gasteiger partial charge >= 0.3 is 0 Å². The maximum absolute atomic E-state index is 5.84. The molecule has 186 valence electrons. The molecule has 0 aliphatic carbocycles. The molecule has 0 aliphatic rings. The molecule has 0 atom stereocenters. The Labute approximate surface area is 216 Å². The zero-order chi connectivity index (χ0) is 26.0. The van der Waals surface area contributed by atoms with Crippen molar-refractivity contribution in [3.05, 3.63) is 116 Å². The van der Waals surface area contributed by atoms with Crippen LogP contribution in [0.1, 0.15) is 55.6 Å². The number of methoxy groups -OCH3 is 2. The predicted molar refractivity (Wildman–Crippen MR) is 152 cm³/mol. The van der Waals surface area contributed by atoms with Crippen LogP contribution in [0.25, 0.3) is 11.1 Å². The van der Waals surface area contributed by atoms with Crippen LogP contribution in [0, 0.1) is 41.5 Å². The van der Waals surface area contributed by atoms with Crippen LogP contribution in [-0.4, -0.2) is 14.2 Å². The third kappa shape index (κ3) is 5.33. The molecule has 2 heteroatoms. The second-order valence-electron chi connectivity index (χ2n) is 10.1. The monoisotopic (exact) mass is 478 g/mol. The molecule has 0 heterocycles. The minimum Gasteiger partial charge on any atom is -0.496 e. The van der Waals surface area contributed by atoms with Crippen molar-refractivity contribution in [1.82, 2.24) is 0 Å². The molecule has 4 rings (SSSR count). The molecule has 0 N–H and O–H groups in total. The maximum atomic E-state index is 5.84. The molecule has 0 unspecified atom stereocenters. The number of hydrogen-bond acceptors (Lipinski definition) is 2. The minimum atomic E-state index is 0.864. The Balaban J connectivity index is 1.80. The van der Waals surface area contributed by atoms with Gasteiger partial charge in [0.25, 0.3) is 0 Å². The Hall–Kier alpha value is -3.52. The number of benzene rings is 4. The smallest absolute Gasteiger partial charge is 0.122 e. The lowest BCUT2D eigenvalue weighted by molar-refractivity contribution is 0.410. The predicted octanol–water partition coefficient (Wildman–Crippen LogP) is 8.40. The van der Waals surface area contributed by atoms with Crippen molar-refractivity contribution in [2.24, 2.45) is 0 Å². The van der Waals surface area contributed by atoms with Crippen LogP contribution in [0.2, 0.25) is 0 Å². The first-order valence-corrected chi connectivity index (χ1v) is 12.7. The van der Waals surface area contributed by atoms with E-state index in [1.807, 2.05) is 0 Å². The SMILES string of the molecule is COc1cc(Cc2ccc(C)c(C)c2)cc(-c2cc(Cc3ccc(C)c(C)c3)cc(OC)c2C)c1C. The molecule has 0 fully saturated rings. The average Bonchev–Trinajstić information content (AvgIpc) is 2.85. The molecule has 0 aliphatic heterocycles. The van der Waals surface area contributed by atoms with Crippen LogP contribution in [0.5, 0.6) is 11.5 Å². The molecule has 0 saturated carbocycles. The molecule has 0 spiro atoms. The normalized spacial score (nSPS) is 11.0. The Morgan fingerprint density at radius 1 is 0.444 bits per heavy atom. The van der Waals surface area contributed by atoms with E-state index in [0.29, 0.717) is 0 Å². The van der Waals surface area contributed by atoms with E-state index in [0.717, 1.165) is 35.5 Å². The number of hydrogen-bond donors (Lipinski definition) is 0. The first kappa shape index (κ1) is 25.6. The van der Waals surface area contributed by atoms with E-state index >= 15 is 0 Å². The second kappa shape index (κ2) is 10.6. The highest BCUT2D eigenvalue weighted by Crippen LogP contribution is 2.38. The van der Waals surface area contributed by atoms with Gasteiger partial charge in [-0.25, -0.2) is 0 Å². The summed E-state index contributed by atoms with van der Waals surface area (Å²) in [5, 5.41) is 0. The van der Waals surface area contributed by atoms with Crippen LogP contribution < -0.4 is 9.47 Å². The lowest BCUT2D eigenvalue weighted by Crippen LogP contribution is -2.00. The molecular formula is C34H38O2. The summed E-state index contributed by atoms with van der Waals surface area (Å²) in [6, 6.07) is 22.5. The van der Waals surface area contributed by atoms with Gasteiger partial charge < -0.3 is 9.47 Å².